The third-order valence-corrected chi connectivity index (χ3v) is 0.929. The predicted molar refractivity (Wildman–Crippen MR) is 28.7 cm³/mol. The lowest BCUT2D eigenvalue weighted by Gasteiger charge is -2.02. The van der Waals surface area contributed by atoms with Gasteiger partial charge >= 0.3 is 6.18 Å². The fourth-order valence-electron chi connectivity index (χ4n) is 0.468. The van der Waals surface area contributed by atoms with Crippen molar-refractivity contribution in [1.29, 1.82) is 0 Å². The van der Waals surface area contributed by atoms with Gasteiger partial charge in [0.15, 0.2) is 5.69 Å². The molecule has 1 N–H and O–H groups in total. The molecule has 1 heterocycles. The average molecular weight is 164 g/mol. The number of halogens is 3. The smallest absolute Gasteiger partial charge is 0.434 e. The molecule has 3 nitrogen and oxygen atoms in total. The first-order valence-electron chi connectivity index (χ1n) is 2.58. The molecule has 0 aliphatic carbocycles. The predicted octanol–water partition coefficient (Wildman–Crippen LogP) is 1.20. The molecule has 11 heavy (non-hydrogen) atoms. The maximum absolute atomic E-state index is 11.7. The zero-order chi connectivity index (χ0) is 8.48. The van der Waals surface area contributed by atoms with E-state index in [1.165, 1.54) is 0 Å². The summed E-state index contributed by atoms with van der Waals surface area (Å²) < 4.78 is 35.2. The highest BCUT2D eigenvalue weighted by Crippen LogP contribution is 2.26. The van der Waals surface area contributed by atoms with Gasteiger partial charge < -0.3 is 5.11 Å². The molecule has 0 saturated carbocycles. The number of alkyl halides is 3. The van der Waals surface area contributed by atoms with Crippen LogP contribution in [0.15, 0.2) is 12.4 Å². The molecule has 0 aromatic carbocycles. The van der Waals surface area contributed by atoms with Gasteiger partial charge in [0.25, 0.3) is 0 Å². The van der Waals surface area contributed by atoms with Crippen LogP contribution >= 0.6 is 0 Å². The Kier molecular flexibility index (Phi) is 1.67. The summed E-state index contributed by atoms with van der Waals surface area (Å²) in [6.45, 7) is 0. The van der Waals surface area contributed by atoms with Crippen molar-refractivity contribution in [3.63, 3.8) is 0 Å². The van der Waals surface area contributed by atoms with Crippen molar-refractivity contribution >= 4 is 0 Å². The minimum Gasteiger partial charge on any atom is -0.492 e. The van der Waals surface area contributed by atoms with E-state index in [4.69, 9.17) is 5.11 Å². The number of hydrogen-bond donors (Lipinski definition) is 1. The molecule has 0 saturated heterocycles. The minimum atomic E-state index is -4.50. The lowest BCUT2D eigenvalue weighted by Crippen LogP contribution is -2.07. The lowest BCUT2D eigenvalue weighted by atomic mass is 10.4. The molecule has 0 radical (unpaired) electrons. The van der Waals surface area contributed by atoms with Gasteiger partial charge in [0.05, 0.1) is 12.4 Å². The molecule has 0 spiro atoms. The van der Waals surface area contributed by atoms with Crippen LogP contribution in [0.4, 0.5) is 13.2 Å². The number of rotatable bonds is 0. The summed E-state index contributed by atoms with van der Waals surface area (Å²) in [4.78, 5) is 5.93. The van der Waals surface area contributed by atoms with Crippen LogP contribution in [0.2, 0.25) is 0 Å². The van der Waals surface area contributed by atoms with Gasteiger partial charge in [0.1, 0.15) is 0 Å². The molecule has 6 heteroatoms. The zero-order valence-electron chi connectivity index (χ0n) is 5.13. The maximum atomic E-state index is 11.7. The van der Waals surface area contributed by atoms with E-state index in [9.17, 15) is 13.2 Å². The van der Waals surface area contributed by atoms with Gasteiger partial charge in [0.2, 0.25) is 5.88 Å². The lowest BCUT2D eigenvalue weighted by molar-refractivity contribution is -0.141. The van der Waals surface area contributed by atoms with Crippen molar-refractivity contribution in [3.05, 3.63) is 18.1 Å². The first-order valence-corrected chi connectivity index (χ1v) is 2.58. The van der Waals surface area contributed by atoms with Crippen molar-refractivity contribution in [3.8, 4) is 5.88 Å². The van der Waals surface area contributed by atoms with Crippen LogP contribution in [-0.2, 0) is 6.18 Å². The molecule has 0 fully saturated rings. The van der Waals surface area contributed by atoms with Crippen LogP contribution < -0.4 is 0 Å². The standard InChI is InChI=1S/C5H3F3N2O/c6-5(7,8)3-1-10-4(11)2-9-3/h1-2H,(H,10,11). The second kappa shape index (κ2) is 2.37. The number of hydrogen-bond acceptors (Lipinski definition) is 3. The van der Waals surface area contributed by atoms with Gasteiger partial charge in [-0.1, -0.05) is 0 Å². The normalized spacial score (nSPS) is 11.5. The molecule has 1 rings (SSSR count). The van der Waals surface area contributed by atoms with E-state index in [0.717, 1.165) is 0 Å². The Balaban J connectivity index is 2.99. The first kappa shape index (κ1) is 7.77. The summed E-state index contributed by atoms with van der Waals surface area (Å²) in [6.07, 6.45) is -3.39. The molecular weight excluding hydrogens is 161 g/mol. The van der Waals surface area contributed by atoms with Crippen LogP contribution in [0.1, 0.15) is 5.69 Å². The van der Waals surface area contributed by atoms with Gasteiger partial charge in [-0.05, 0) is 0 Å². The van der Waals surface area contributed by atoms with Crippen molar-refractivity contribution in [2.24, 2.45) is 0 Å². The fraction of sp³-hybridized carbons (Fsp3) is 0.200. The van der Waals surface area contributed by atoms with Gasteiger partial charge in [-0.3, -0.25) is 0 Å². The van der Waals surface area contributed by atoms with Gasteiger partial charge in [0, 0.05) is 0 Å². The largest absolute Gasteiger partial charge is 0.492 e. The Bertz CT molecular complexity index is 243. The van der Waals surface area contributed by atoms with Gasteiger partial charge in [-0.2, -0.15) is 13.2 Å². The van der Waals surface area contributed by atoms with E-state index in [1.54, 1.807) is 0 Å². The third-order valence-electron chi connectivity index (χ3n) is 0.929. The summed E-state index contributed by atoms with van der Waals surface area (Å²) in [5.74, 6) is -0.530. The van der Waals surface area contributed by atoms with E-state index < -0.39 is 17.8 Å². The Hall–Kier alpha value is -1.33. The first-order chi connectivity index (χ1) is 5.00. The number of nitrogens with zero attached hydrogens (tertiary/aromatic N) is 2. The molecular formula is C5H3F3N2O. The zero-order valence-corrected chi connectivity index (χ0v) is 5.13. The Labute approximate surface area is 59.5 Å². The van der Waals surface area contributed by atoms with E-state index in [0.29, 0.717) is 12.4 Å². The monoisotopic (exact) mass is 164 g/mol. The van der Waals surface area contributed by atoms with Crippen molar-refractivity contribution < 1.29 is 18.3 Å². The molecule has 1 aromatic rings. The SMILES string of the molecule is Oc1cnc(C(F)(F)F)cn1. The summed E-state index contributed by atoms with van der Waals surface area (Å²) in [5.41, 5.74) is -1.12. The third kappa shape index (κ3) is 1.79. The van der Waals surface area contributed by atoms with Crippen LogP contribution in [0, 0.1) is 0 Å². The molecule has 0 bridgehead atoms. The number of aromatic hydroxyl groups is 1. The minimum absolute atomic E-state index is 0.468. The van der Waals surface area contributed by atoms with E-state index >= 15 is 0 Å². The Morgan fingerprint density at radius 2 is 1.82 bits per heavy atom. The maximum Gasteiger partial charge on any atom is 0.434 e. The summed E-state index contributed by atoms with van der Waals surface area (Å²) in [5, 5.41) is 8.48. The number of aromatic nitrogens is 2. The Morgan fingerprint density at radius 1 is 1.18 bits per heavy atom. The topological polar surface area (TPSA) is 46.0 Å². The summed E-state index contributed by atoms with van der Waals surface area (Å²) in [6, 6.07) is 0. The van der Waals surface area contributed by atoms with Crippen LogP contribution in [0.25, 0.3) is 0 Å². The highest BCUT2D eigenvalue weighted by molar-refractivity contribution is 5.07. The van der Waals surface area contributed by atoms with E-state index in [1.807, 2.05) is 0 Å². The second-order valence-corrected chi connectivity index (χ2v) is 1.76. The fourth-order valence-corrected chi connectivity index (χ4v) is 0.468. The highest BCUT2D eigenvalue weighted by atomic mass is 19.4. The van der Waals surface area contributed by atoms with Crippen molar-refractivity contribution in [2.75, 3.05) is 0 Å². The quantitative estimate of drug-likeness (QED) is 0.626. The van der Waals surface area contributed by atoms with E-state index in [-0.39, 0.29) is 0 Å². The molecule has 0 amide bonds. The molecule has 60 valence electrons. The molecule has 0 unspecified atom stereocenters. The molecule has 0 atom stereocenters. The van der Waals surface area contributed by atoms with Crippen LogP contribution in [0.3, 0.4) is 0 Å². The average Bonchev–Trinajstić information content (AvgIpc) is 1.86. The highest BCUT2D eigenvalue weighted by Gasteiger charge is 2.32. The summed E-state index contributed by atoms with van der Waals surface area (Å²) >= 11 is 0. The van der Waals surface area contributed by atoms with Gasteiger partial charge in [-0.25, -0.2) is 9.97 Å². The Morgan fingerprint density at radius 3 is 2.18 bits per heavy atom. The summed E-state index contributed by atoms with van der Waals surface area (Å²) in [7, 11) is 0. The van der Waals surface area contributed by atoms with E-state index in [2.05, 4.69) is 9.97 Å². The van der Waals surface area contributed by atoms with Crippen molar-refractivity contribution in [2.45, 2.75) is 6.18 Å². The molecule has 0 aliphatic heterocycles. The molecule has 1 aromatic heterocycles. The van der Waals surface area contributed by atoms with Crippen molar-refractivity contribution in [1.82, 2.24) is 9.97 Å². The van der Waals surface area contributed by atoms with Crippen LogP contribution in [0.5, 0.6) is 5.88 Å². The van der Waals surface area contributed by atoms with Gasteiger partial charge in [-0.15, -0.1) is 0 Å². The van der Waals surface area contributed by atoms with Crippen LogP contribution in [-0.4, -0.2) is 15.1 Å². The molecule has 0 aliphatic rings. The second-order valence-electron chi connectivity index (χ2n) is 1.76.